The van der Waals surface area contributed by atoms with Crippen molar-refractivity contribution in [2.75, 3.05) is 0 Å². The van der Waals surface area contributed by atoms with E-state index in [0.717, 1.165) is 5.56 Å². The molecule has 0 aliphatic heterocycles. The zero-order valence-corrected chi connectivity index (χ0v) is 31.3. The molecule has 0 radical (unpaired) electrons. The van der Waals surface area contributed by atoms with Crippen molar-refractivity contribution in [1.82, 2.24) is 0 Å². The number of fused-ring (bicyclic) bond motifs is 5. The van der Waals surface area contributed by atoms with Gasteiger partial charge in [0.1, 0.15) is 5.78 Å². The smallest absolute Gasteiger partial charge is 0.331 e. The van der Waals surface area contributed by atoms with Crippen LogP contribution in [0.3, 0.4) is 0 Å². The first-order valence-electron chi connectivity index (χ1n) is 18.5. The Morgan fingerprint density at radius 1 is 1.06 bits per heavy atom. The molecule has 6 rings (SSSR count). The number of nitrogens with zero attached hydrogens (tertiary/aromatic N) is 1. The van der Waals surface area contributed by atoms with Crippen molar-refractivity contribution in [3.63, 3.8) is 0 Å². The maximum absolute atomic E-state index is 15.0. The molecule has 5 aliphatic rings. The highest BCUT2D eigenvalue weighted by Crippen LogP contribution is 2.77. The number of aliphatic hydroxyl groups excluding tert-OH is 3. The van der Waals surface area contributed by atoms with Crippen LogP contribution in [0.25, 0.3) is 6.08 Å². The molecule has 12 unspecified atom stereocenters. The summed E-state index contributed by atoms with van der Waals surface area (Å²) in [4.78, 5) is 44.8. The summed E-state index contributed by atoms with van der Waals surface area (Å²) in [7, 11) is 0. The molecule has 5 aliphatic carbocycles. The molecule has 0 saturated heterocycles. The second kappa shape index (κ2) is 12.6. The molecule has 1 aromatic rings. The molecule has 1 aromatic carbocycles. The number of nitrogens with two attached hydrogens (primary N) is 2. The zero-order chi connectivity index (χ0) is 38.3. The van der Waals surface area contributed by atoms with Crippen molar-refractivity contribution in [2.45, 2.75) is 98.5 Å². The lowest BCUT2D eigenvalue weighted by atomic mass is 9.38. The molecule has 0 aromatic heterocycles. The van der Waals surface area contributed by atoms with Gasteiger partial charge in [-0.15, -0.1) is 0 Å². The SMILES string of the molecule is CC(=CC(O)C1C(N=C(N)N)C=CC2(CC(O)C3(C)C4=C(C(=O)CC23C)C2(C)CCC(=O)C(C)(C)C2C(C=Cc2ccccc2)C4O)C1C)C(=O)O. The zero-order valence-electron chi connectivity index (χ0n) is 31.3. The van der Waals surface area contributed by atoms with E-state index < -0.39 is 75.2 Å². The number of Topliss-reactive ketones (excluding diaryl/α,β-unsaturated/α-hetero) is 2. The van der Waals surface area contributed by atoms with Crippen molar-refractivity contribution in [2.24, 2.45) is 67.2 Å². The first-order valence-corrected chi connectivity index (χ1v) is 18.5. The maximum Gasteiger partial charge on any atom is 0.331 e. The third-order valence-corrected chi connectivity index (χ3v) is 14.8. The number of aliphatic carboxylic acids is 1. The number of ketones is 2. The number of hydrogen-bond donors (Lipinski definition) is 6. The maximum atomic E-state index is 15.0. The summed E-state index contributed by atoms with van der Waals surface area (Å²) in [5, 5.41) is 46.6. The summed E-state index contributed by atoms with van der Waals surface area (Å²) in [6.45, 7) is 13.3. The van der Waals surface area contributed by atoms with E-state index in [0.29, 0.717) is 24.0 Å². The third kappa shape index (κ3) is 5.15. The van der Waals surface area contributed by atoms with Crippen LogP contribution in [0.2, 0.25) is 0 Å². The van der Waals surface area contributed by atoms with E-state index in [1.54, 1.807) is 0 Å². The van der Waals surface area contributed by atoms with Gasteiger partial charge < -0.3 is 31.9 Å². The number of aliphatic imine (C=N–C) groups is 1. The van der Waals surface area contributed by atoms with Crippen LogP contribution in [0.4, 0.5) is 0 Å². The quantitative estimate of drug-likeness (QED) is 0.106. The Morgan fingerprint density at radius 3 is 2.33 bits per heavy atom. The van der Waals surface area contributed by atoms with Crippen LogP contribution in [0.1, 0.15) is 79.7 Å². The molecule has 1 spiro atoms. The van der Waals surface area contributed by atoms with Crippen molar-refractivity contribution < 1.29 is 34.8 Å². The van der Waals surface area contributed by atoms with E-state index >= 15 is 4.79 Å². The van der Waals surface area contributed by atoms with Gasteiger partial charge in [0.15, 0.2) is 11.7 Å². The molecule has 0 heterocycles. The van der Waals surface area contributed by atoms with Crippen molar-refractivity contribution in [3.05, 3.63) is 76.9 Å². The van der Waals surface area contributed by atoms with Crippen molar-refractivity contribution in [1.29, 1.82) is 0 Å². The Hall–Kier alpha value is -3.86. The van der Waals surface area contributed by atoms with E-state index in [1.807, 2.05) is 89.3 Å². The molecular weight excluding hydrogens is 658 g/mol. The fourth-order valence-electron chi connectivity index (χ4n) is 12.1. The predicted octanol–water partition coefficient (Wildman–Crippen LogP) is 4.59. The molecule has 2 saturated carbocycles. The second-order valence-corrected chi connectivity index (χ2v) is 17.4. The largest absolute Gasteiger partial charge is 0.478 e. The number of rotatable bonds is 6. The molecule has 10 nitrogen and oxygen atoms in total. The minimum absolute atomic E-state index is 0.0338. The van der Waals surface area contributed by atoms with E-state index in [1.165, 1.54) is 13.0 Å². The number of allylic oxidation sites excluding steroid dienone is 2. The minimum atomic E-state index is -1.27. The summed E-state index contributed by atoms with van der Waals surface area (Å²) >= 11 is 0. The Bertz CT molecular complexity index is 1820. The fraction of sp³-hybridized carbons (Fsp3) is 0.571. The Balaban J connectivity index is 1.56. The molecule has 280 valence electrons. The van der Waals surface area contributed by atoms with Crippen LogP contribution in [0, 0.1) is 50.7 Å². The van der Waals surface area contributed by atoms with Crippen molar-refractivity contribution in [3.8, 4) is 0 Å². The topological polar surface area (TPSA) is 197 Å². The highest BCUT2D eigenvalue weighted by Gasteiger charge is 2.76. The first-order chi connectivity index (χ1) is 24.2. The average Bonchev–Trinajstić information content (AvgIpc) is 3.23. The number of guanidine groups is 1. The van der Waals surface area contributed by atoms with Gasteiger partial charge >= 0.3 is 5.97 Å². The van der Waals surface area contributed by atoms with Gasteiger partial charge in [-0.3, -0.25) is 9.59 Å². The van der Waals surface area contributed by atoms with Crippen LogP contribution in [-0.2, 0) is 14.4 Å². The van der Waals surface area contributed by atoms with Crippen LogP contribution in [0.5, 0.6) is 0 Å². The van der Waals surface area contributed by atoms with Crippen LogP contribution in [0.15, 0.2) is 76.3 Å². The van der Waals surface area contributed by atoms with Gasteiger partial charge in [-0.2, -0.15) is 0 Å². The number of carbonyl (C=O) groups excluding carboxylic acids is 2. The molecule has 0 bridgehead atoms. The molecule has 10 heteroatoms. The highest BCUT2D eigenvalue weighted by molar-refractivity contribution is 6.01. The van der Waals surface area contributed by atoms with Gasteiger partial charge in [0.05, 0.1) is 24.4 Å². The summed E-state index contributed by atoms with van der Waals surface area (Å²) in [6, 6.07) is 9.07. The Morgan fingerprint density at radius 2 is 1.71 bits per heavy atom. The predicted molar refractivity (Wildman–Crippen MR) is 199 cm³/mol. The average molecular weight is 714 g/mol. The van der Waals surface area contributed by atoms with E-state index in [-0.39, 0.29) is 41.9 Å². The van der Waals surface area contributed by atoms with Crippen LogP contribution in [-0.4, -0.2) is 68.3 Å². The number of benzene rings is 1. The van der Waals surface area contributed by atoms with Gasteiger partial charge in [0.2, 0.25) is 0 Å². The minimum Gasteiger partial charge on any atom is -0.478 e. The van der Waals surface area contributed by atoms with Gasteiger partial charge in [0.25, 0.3) is 0 Å². The number of carbonyl (C=O) groups is 3. The molecule has 2 fully saturated rings. The second-order valence-electron chi connectivity index (χ2n) is 17.4. The van der Waals surface area contributed by atoms with Crippen LogP contribution >= 0.6 is 0 Å². The lowest BCUT2D eigenvalue weighted by Crippen LogP contribution is -2.64. The number of carboxylic acid groups (broad SMARTS) is 1. The Kier molecular flexibility index (Phi) is 9.20. The number of hydrogen-bond acceptors (Lipinski definition) is 7. The highest BCUT2D eigenvalue weighted by atomic mass is 16.4. The van der Waals surface area contributed by atoms with Gasteiger partial charge in [-0.1, -0.05) is 96.2 Å². The van der Waals surface area contributed by atoms with Crippen molar-refractivity contribution >= 4 is 29.6 Å². The van der Waals surface area contributed by atoms with E-state index in [2.05, 4.69) is 11.9 Å². The molecular formula is C42H55N3O7. The molecule has 52 heavy (non-hydrogen) atoms. The lowest BCUT2D eigenvalue weighted by Gasteiger charge is -2.65. The van der Waals surface area contributed by atoms with Crippen LogP contribution < -0.4 is 11.5 Å². The molecule has 0 amide bonds. The number of aliphatic hydroxyl groups is 3. The summed E-state index contributed by atoms with van der Waals surface area (Å²) in [5.41, 5.74) is 9.14. The summed E-state index contributed by atoms with van der Waals surface area (Å²) < 4.78 is 0. The lowest BCUT2D eigenvalue weighted by molar-refractivity contribution is -0.152. The van der Waals surface area contributed by atoms with Gasteiger partial charge in [-0.05, 0) is 54.2 Å². The normalized spacial score (nSPS) is 41.8. The standard InChI is InChI=1S/C42H55N3O7/c1-22(36(51)52)19-27(46)31-23(2)42(18-15-26(31)45-37(43)44)21-30(49)41(7)33-32(28(47)20-40(41,42)6)39(5)17-16-29(48)38(3,4)35(39)25(34(33)50)14-13-24-11-9-8-10-12-24/h8-15,18-19,23,25-27,30-31,34-35,46,49-50H,16-17,20-21H2,1-7H3,(H,51,52)(H4,43,44,45). The Labute approximate surface area is 306 Å². The third-order valence-electron chi connectivity index (χ3n) is 14.8. The molecule has 8 N–H and O–H groups in total. The van der Waals surface area contributed by atoms with E-state index in [4.69, 9.17) is 11.5 Å². The monoisotopic (exact) mass is 713 g/mol. The summed E-state index contributed by atoms with van der Waals surface area (Å²) in [6.07, 6.45) is 6.71. The number of carboxylic acids is 1. The summed E-state index contributed by atoms with van der Waals surface area (Å²) in [5.74, 6) is -3.42. The molecule has 12 atom stereocenters. The van der Waals surface area contributed by atoms with Gasteiger partial charge in [0, 0.05) is 57.5 Å². The first kappa shape index (κ1) is 37.9. The fourth-order valence-corrected chi connectivity index (χ4v) is 12.1. The van der Waals surface area contributed by atoms with E-state index in [9.17, 15) is 30.0 Å². The van der Waals surface area contributed by atoms with Gasteiger partial charge in [-0.25, -0.2) is 9.79 Å².